The predicted molar refractivity (Wildman–Crippen MR) is 55.7 cm³/mol. The van der Waals surface area contributed by atoms with Crippen molar-refractivity contribution in [2.75, 3.05) is 6.54 Å². The summed E-state index contributed by atoms with van der Waals surface area (Å²) in [4.78, 5) is 0. The van der Waals surface area contributed by atoms with Gasteiger partial charge < -0.3 is 5.32 Å². The van der Waals surface area contributed by atoms with Gasteiger partial charge in [-0.15, -0.1) is 0 Å². The molecule has 1 aromatic carbocycles. The fourth-order valence-corrected chi connectivity index (χ4v) is 2.11. The molecule has 0 radical (unpaired) electrons. The van der Waals surface area contributed by atoms with E-state index in [2.05, 4.69) is 5.32 Å². The highest BCUT2D eigenvalue weighted by molar-refractivity contribution is 5.19. The van der Waals surface area contributed by atoms with Crippen LogP contribution in [0.2, 0.25) is 0 Å². The van der Waals surface area contributed by atoms with E-state index in [1.54, 1.807) is 0 Å². The Balaban J connectivity index is 2.02. The molecular weight excluding hydrogens is 196 g/mol. The van der Waals surface area contributed by atoms with Crippen molar-refractivity contribution in [3.8, 4) is 0 Å². The Hall–Kier alpha value is -0.960. The number of hydrogen-bond acceptors (Lipinski definition) is 1. The van der Waals surface area contributed by atoms with Crippen LogP contribution in [0.25, 0.3) is 0 Å². The first kappa shape index (κ1) is 10.6. The average molecular weight is 211 g/mol. The minimum absolute atomic E-state index is 0.375. The lowest BCUT2D eigenvalue weighted by molar-refractivity contribution is 0.398. The van der Waals surface area contributed by atoms with Crippen LogP contribution in [0.1, 0.15) is 24.8 Å². The molecule has 1 N–H and O–H groups in total. The minimum atomic E-state index is -0.485. The molecule has 0 saturated carbocycles. The highest BCUT2D eigenvalue weighted by Gasteiger charge is 2.13. The van der Waals surface area contributed by atoms with Crippen LogP contribution < -0.4 is 5.32 Å². The van der Waals surface area contributed by atoms with Gasteiger partial charge in [0.2, 0.25) is 0 Å². The lowest BCUT2D eigenvalue weighted by Crippen LogP contribution is -2.35. The van der Waals surface area contributed by atoms with Crippen LogP contribution in [0.3, 0.4) is 0 Å². The molecule has 1 unspecified atom stereocenters. The quantitative estimate of drug-likeness (QED) is 0.793. The molecule has 1 fully saturated rings. The van der Waals surface area contributed by atoms with Crippen molar-refractivity contribution in [3.63, 3.8) is 0 Å². The summed E-state index contributed by atoms with van der Waals surface area (Å²) in [6.07, 6.45) is 4.22. The van der Waals surface area contributed by atoms with Crippen LogP contribution >= 0.6 is 0 Å². The third kappa shape index (κ3) is 2.99. The number of piperidine rings is 1. The zero-order valence-electron chi connectivity index (χ0n) is 8.60. The van der Waals surface area contributed by atoms with Crippen molar-refractivity contribution in [3.05, 3.63) is 35.4 Å². The van der Waals surface area contributed by atoms with E-state index in [0.29, 0.717) is 12.5 Å². The van der Waals surface area contributed by atoms with E-state index in [-0.39, 0.29) is 0 Å². The minimum Gasteiger partial charge on any atom is -0.314 e. The molecule has 1 saturated heterocycles. The topological polar surface area (TPSA) is 12.0 Å². The average Bonchev–Trinajstić information content (AvgIpc) is 2.17. The van der Waals surface area contributed by atoms with Crippen LogP contribution in [0.5, 0.6) is 0 Å². The second-order valence-corrected chi connectivity index (χ2v) is 4.13. The van der Waals surface area contributed by atoms with Gasteiger partial charge in [-0.2, -0.15) is 0 Å². The molecule has 1 atom stereocenters. The Morgan fingerprint density at radius 3 is 2.47 bits per heavy atom. The van der Waals surface area contributed by atoms with E-state index in [9.17, 15) is 8.78 Å². The molecule has 0 amide bonds. The fourth-order valence-electron chi connectivity index (χ4n) is 2.11. The van der Waals surface area contributed by atoms with Gasteiger partial charge in [0.1, 0.15) is 11.6 Å². The molecule has 0 bridgehead atoms. The van der Waals surface area contributed by atoms with Gasteiger partial charge in [-0.3, -0.25) is 0 Å². The van der Waals surface area contributed by atoms with Crippen molar-refractivity contribution >= 4 is 0 Å². The molecule has 0 aromatic heterocycles. The maximum atomic E-state index is 12.9. The van der Waals surface area contributed by atoms with Crippen LogP contribution in [-0.4, -0.2) is 12.6 Å². The van der Waals surface area contributed by atoms with E-state index >= 15 is 0 Å². The first-order valence-corrected chi connectivity index (χ1v) is 5.42. The Labute approximate surface area is 88.5 Å². The Morgan fingerprint density at radius 1 is 1.13 bits per heavy atom. The van der Waals surface area contributed by atoms with Gasteiger partial charge in [-0.1, -0.05) is 6.42 Å². The molecule has 1 heterocycles. The Bertz CT molecular complexity index is 312. The fraction of sp³-hybridized carbons (Fsp3) is 0.500. The Kier molecular flexibility index (Phi) is 3.31. The highest BCUT2D eigenvalue weighted by Crippen LogP contribution is 2.15. The molecular formula is C12H15F2N. The van der Waals surface area contributed by atoms with Crippen molar-refractivity contribution in [1.29, 1.82) is 0 Å². The number of nitrogens with one attached hydrogen (secondary N) is 1. The summed E-state index contributed by atoms with van der Waals surface area (Å²) >= 11 is 0. The molecule has 2 rings (SSSR count). The monoisotopic (exact) mass is 211 g/mol. The van der Waals surface area contributed by atoms with Crippen LogP contribution in [0.15, 0.2) is 18.2 Å². The van der Waals surface area contributed by atoms with E-state index in [1.807, 2.05) is 0 Å². The van der Waals surface area contributed by atoms with E-state index in [4.69, 9.17) is 0 Å². The third-order valence-corrected chi connectivity index (χ3v) is 2.82. The van der Waals surface area contributed by atoms with Crippen molar-refractivity contribution in [1.82, 2.24) is 5.32 Å². The van der Waals surface area contributed by atoms with Gasteiger partial charge >= 0.3 is 0 Å². The molecule has 3 heteroatoms. The van der Waals surface area contributed by atoms with Crippen molar-refractivity contribution in [2.45, 2.75) is 31.7 Å². The lowest BCUT2D eigenvalue weighted by Gasteiger charge is -2.23. The lowest BCUT2D eigenvalue weighted by atomic mass is 9.98. The SMILES string of the molecule is Fc1cc(F)cc(CC2CCCCN2)c1. The summed E-state index contributed by atoms with van der Waals surface area (Å²) in [6, 6.07) is 4.12. The summed E-state index contributed by atoms with van der Waals surface area (Å²) in [6.45, 7) is 1.02. The smallest absolute Gasteiger partial charge is 0.126 e. The number of rotatable bonds is 2. The van der Waals surface area contributed by atoms with E-state index < -0.39 is 11.6 Å². The van der Waals surface area contributed by atoms with Gasteiger partial charge in [-0.05, 0) is 43.5 Å². The van der Waals surface area contributed by atoms with E-state index in [1.165, 1.54) is 25.0 Å². The first-order valence-electron chi connectivity index (χ1n) is 5.42. The zero-order chi connectivity index (χ0) is 10.7. The molecule has 82 valence electrons. The first-order chi connectivity index (χ1) is 7.24. The summed E-state index contributed by atoms with van der Waals surface area (Å²) in [7, 11) is 0. The molecule has 0 aliphatic carbocycles. The number of hydrogen-bond donors (Lipinski definition) is 1. The Morgan fingerprint density at radius 2 is 1.87 bits per heavy atom. The molecule has 0 spiro atoms. The van der Waals surface area contributed by atoms with Crippen molar-refractivity contribution in [2.24, 2.45) is 0 Å². The summed E-state index contributed by atoms with van der Waals surface area (Å²) in [5.74, 6) is -0.971. The van der Waals surface area contributed by atoms with Gasteiger partial charge in [-0.25, -0.2) is 8.78 Å². The maximum absolute atomic E-state index is 12.9. The maximum Gasteiger partial charge on any atom is 0.126 e. The summed E-state index contributed by atoms with van der Waals surface area (Å²) in [5, 5.41) is 3.36. The zero-order valence-corrected chi connectivity index (χ0v) is 8.60. The molecule has 15 heavy (non-hydrogen) atoms. The second-order valence-electron chi connectivity index (χ2n) is 4.13. The van der Waals surface area contributed by atoms with Crippen LogP contribution in [0.4, 0.5) is 8.78 Å². The summed E-state index contributed by atoms with van der Waals surface area (Å²) in [5.41, 5.74) is 0.743. The molecule has 1 aromatic rings. The molecule has 1 nitrogen and oxygen atoms in total. The molecule has 1 aliphatic rings. The highest BCUT2D eigenvalue weighted by atomic mass is 19.1. The molecule has 1 aliphatic heterocycles. The van der Waals surface area contributed by atoms with Crippen LogP contribution in [-0.2, 0) is 6.42 Å². The van der Waals surface area contributed by atoms with Gasteiger partial charge in [0.15, 0.2) is 0 Å². The predicted octanol–water partition coefficient (Wildman–Crippen LogP) is 2.65. The van der Waals surface area contributed by atoms with Gasteiger partial charge in [0.05, 0.1) is 0 Å². The van der Waals surface area contributed by atoms with Gasteiger partial charge in [0.25, 0.3) is 0 Å². The largest absolute Gasteiger partial charge is 0.314 e. The van der Waals surface area contributed by atoms with Crippen molar-refractivity contribution < 1.29 is 8.78 Å². The standard InChI is InChI=1S/C12H15F2N/c13-10-5-9(6-11(14)8-10)7-12-3-1-2-4-15-12/h5-6,8,12,15H,1-4,7H2. The van der Waals surface area contributed by atoms with Gasteiger partial charge in [0, 0.05) is 12.1 Å². The summed E-state index contributed by atoms with van der Waals surface area (Å²) < 4.78 is 25.8. The second kappa shape index (κ2) is 4.71. The number of halogens is 2. The third-order valence-electron chi connectivity index (χ3n) is 2.82. The van der Waals surface area contributed by atoms with E-state index in [0.717, 1.165) is 24.6 Å². The number of benzene rings is 1. The van der Waals surface area contributed by atoms with Crippen LogP contribution in [0, 0.1) is 11.6 Å². The normalized spacial score (nSPS) is 21.6.